The molecule has 2 aliphatic heterocycles. The Hall–Kier alpha value is -1.10. The van der Waals surface area contributed by atoms with Gasteiger partial charge in [-0.2, -0.15) is 0 Å². The van der Waals surface area contributed by atoms with Crippen LogP contribution in [0.25, 0.3) is 0 Å². The van der Waals surface area contributed by atoms with Gasteiger partial charge in [0.15, 0.2) is 0 Å². The highest BCUT2D eigenvalue weighted by Gasteiger charge is 2.30. The van der Waals surface area contributed by atoms with Gasteiger partial charge in [0.05, 0.1) is 12.1 Å². The molecule has 21 heavy (non-hydrogen) atoms. The number of nitrogens with zero attached hydrogens (tertiary/aromatic N) is 1. The Balaban J connectivity index is 0.00000161. The molecule has 2 unspecified atom stereocenters. The zero-order valence-corrected chi connectivity index (χ0v) is 13.2. The summed E-state index contributed by atoms with van der Waals surface area (Å²) in [5.74, 6) is 0.223. The van der Waals surface area contributed by atoms with Gasteiger partial charge in [0.25, 0.3) is 0 Å². The van der Waals surface area contributed by atoms with Crippen molar-refractivity contribution >= 4 is 18.3 Å². The lowest BCUT2D eigenvalue weighted by molar-refractivity contribution is -0.137. The molecule has 0 saturated carbocycles. The minimum atomic E-state index is -0.0829. The number of likely N-dealkylation sites (tertiary alicyclic amines) is 1. The first-order valence-corrected chi connectivity index (χ1v) is 7.39. The van der Waals surface area contributed by atoms with Crippen LogP contribution >= 0.6 is 12.4 Å². The molecule has 0 aliphatic carbocycles. The Morgan fingerprint density at radius 2 is 2.10 bits per heavy atom. The van der Waals surface area contributed by atoms with Crippen molar-refractivity contribution in [3.05, 3.63) is 35.4 Å². The molecule has 1 amide bonds. The van der Waals surface area contributed by atoms with Crippen molar-refractivity contribution in [2.24, 2.45) is 0 Å². The number of carbonyl (C=O) groups is 1. The number of halogens is 1. The van der Waals surface area contributed by atoms with Crippen molar-refractivity contribution in [2.45, 2.75) is 38.0 Å². The number of rotatable bonds is 2. The van der Waals surface area contributed by atoms with Gasteiger partial charge in [0.2, 0.25) is 5.91 Å². The third-order valence-electron chi connectivity index (χ3n) is 4.40. The third-order valence-corrected chi connectivity index (χ3v) is 4.40. The summed E-state index contributed by atoms with van der Waals surface area (Å²) in [6.07, 6.45) is 3.08. The number of hydrogen-bond acceptors (Lipinski definition) is 3. The fourth-order valence-corrected chi connectivity index (χ4v) is 3.18. The molecule has 116 valence electrons. The zero-order chi connectivity index (χ0) is 13.9. The van der Waals surface area contributed by atoms with E-state index in [1.807, 2.05) is 11.0 Å². The molecule has 1 aromatic rings. The van der Waals surface area contributed by atoms with Crippen LogP contribution in [-0.2, 0) is 22.5 Å². The van der Waals surface area contributed by atoms with Crippen molar-refractivity contribution in [3.8, 4) is 0 Å². The van der Waals surface area contributed by atoms with Crippen molar-refractivity contribution < 1.29 is 9.53 Å². The molecule has 1 saturated heterocycles. The predicted octanol–water partition coefficient (Wildman–Crippen LogP) is 1.76. The Morgan fingerprint density at radius 1 is 1.33 bits per heavy atom. The number of nitrogens with one attached hydrogen (secondary N) is 1. The van der Waals surface area contributed by atoms with E-state index < -0.39 is 0 Å². The first-order valence-electron chi connectivity index (χ1n) is 7.39. The second kappa shape index (κ2) is 7.25. The second-order valence-electron chi connectivity index (χ2n) is 5.69. The Labute approximate surface area is 132 Å². The van der Waals surface area contributed by atoms with E-state index in [9.17, 15) is 4.79 Å². The second-order valence-corrected chi connectivity index (χ2v) is 5.69. The van der Waals surface area contributed by atoms with Gasteiger partial charge in [0, 0.05) is 26.7 Å². The van der Waals surface area contributed by atoms with E-state index in [-0.39, 0.29) is 30.5 Å². The van der Waals surface area contributed by atoms with Gasteiger partial charge in [-0.05, 0) is 30.4 Å². The highest BCUT2D eigenvalue weighted by molar-refractivity contribution is 5.85. The summed E-state index contributed by atoms with van der Waals surface area (Å²) in [4.78, 5) is 14.6. The first kappa shape index (κ1) is 16.3. The number of ether oxygens (including phenoxy) is 1. The summed E-state index contributed by atoms with van der Waals surface area (Å²) < 4.78 is 5.40. The summed E-state index contributed by atoms with van der Waals surface area (Å²) in [7, 11) is 1.73. The van der Waals surface area contributed by atoms with E-state index in [4.69, 9.17) is 4.74 Å². The lowest BCUT2D eigenvalue weighted by Gasteiger charge is -2.36. The largest absolute Gasteiger partial charge is 0.380 e. The fourth-order valence-electron chi connectivity index (χ4n) is 3.18. The summed E-state index contributed by atoms with van der Waals surface area (Å²) in [5, 5.41) is 3.37. The van der Waals surface area contributed by atoms with Crippen LogP contribution in [0.3, 0.4) is 0 Å². The van der Waals surface area contributed by atoms with Gasteiger partial charge >= 0.3 is 0 Å². The number of piperidine rings is 1. The van der Waals surface area contributed by atoms with Gasteiger partial charge in [-0.25, -0.2) is 0 Å². The number of benzene rings is 1. The first-order chi connectivity index (χ1) is 9.78. The number of carbonyl (C=O) groups excluding carboxylic acids is 1. The van der Waals surface area contributed by atoms with E-state index in [0.29, 0.717) is 0 Å². The van der Waals surface area contributed by atoms with Gasteiger partial charge in [0.1, 0.15) is 0 Å². The molecule has 2 aliphatic rings. The average molecular weight is 311 g/mol. The number of amides is 1. The third kappa shape index (κ3) is 3.57. The number of methoxy groups -OCH3 is 1. The summed E-state index contributed by atoms with van der Waals surface area (Å²) in [6.45, 7) is 2.38. The minimum absolute atomic E-state index is 0. The maximum Gasteiger partial charge on any atom is 0.240 e. The Kier molecular flexibility index (Phi) is 5.62. The van der Waals surface area contributed by atoms with Crippen LogP contribution in [0.1, 0.15) is 24.0 Å². The smallest absolute Gasteiger partial charge is 0.240 e. The molecular weight excluding hydrogens is 288 g/mol. The summed E-state index contributed by atoms with van der Waals surface area (Å²) in [6, 6.07) is 8.28. The van der Waals surface area contributed by atoms with Crippen LogP contribution in [0.4, 0.5) is 0 Å². The summed E-state index contributed by atoms with van der Waals surface area (Å²) >= 11 is 0. The van der Waals surface area contributed by atoms with Crippen molar-refractivity contribution in [1.29, 1.82) is 0 Å². The van der Waals surface area contributed by atoms with Crippen molar-refractivity contribution in [3.63, 3.8) is 0 Å². The van der Waals surface area contributed by atoms with E-state index in [1.54, 1.807) is 7.11 Å². The molecule has 2 heterocycles. The van der Waals surface area contributed by atoms with Gasteiger partial charge in [-0.1, -0.05) is 24.3 Å². The lowest BCUT2D eigenvalue weighted by atomic mass is 9.94. The van der Waals surface area contributed by atoms with E-state index >= 15 is 0 Å². The van der Waals surface area contributed by atoms with Crippen LogP contribution < -0.4 is 5.32 Å². The molecule has 1 N–H and O–H groups in total. The highest BCUT2D eigenvalue weighted by Crippen LogP contribution is 2.19. The summed E-state index contributed by atoms with van der Waals surface area (Å²) in [5.41, 5.74) is 2.61. The number of hydrogen-bond donors (Lipinski definition) is 1. The van der Waals surface area contributed by atoms with Gasteiger partial charge in [-0.15, -0.1) is 12.4 Å². The normalized spacial score (nSPS) is 24.9. The topological polar surface area (TPSA) is 41.6 Å². The molecule has 1 aromatic carbocycles. The van der Waals surface area contributed by atoms with Crippen LogP contribution in [-0.4, -0.2) is 43.2 Å². The highest BCUT2D eigenvalue weighted by atomic mass is 35.5. The van der Waals surface area contributed by atoms with E-state index in [0.717, 1.165) is 38.9 Å². The number of fused-ring (bicyclic) bond motifs is 1. The molecule has 0 spiro atoms. The minimum Gasteiger partial charge on any atom is -0.380 e. The monoisotopic (exact) mass is 310 g/mol. The molecule has 5 heteroatoms. The molecule has 0 radical (unpaired) electrons. The quantitative estimate of drug-likeness (QED) is 0.905. The van der Waals surface area contributed by atoms with Gasteiger partial charge < -0.3 is 15.0 Å². The fraction of sp³-hybridized carbons (Fsp3) is 0.562. The molecule has 1 fully saturated rings. The Morgan fingerprint density at radius 3 is 2.86 bits per heavy atom. The lowest BCUT2D eigenvalue weighted by Crippen LogP contribution is -2.53. The van der Waals surface area contributed by atoms with Gasteiger partial charge in [-0.3, -0.25) is 4.79 Å². The Bertz CT molecular complexity index is 495. The molecule has 2 atom stereocenters. The maximum absolute atomic E-state index is 12.6. The van der Waals surface area contributed by atoms with Crippen LogP contribution in [0.2, 0.25) is 0 Å². The predicted molar refractivity (Wildman–Crippen MR) is 84.6 cm³/mol. The molecular formula is C16H23ClN2O2. The molecule has 0 aromatic heterocycles. The van der Waals surface area contributed by atoms with E-state index in [1.165, 1.54) is 11.1 Å². The molecule has 3 rings (SSSR count). The van der Waals surface area contributed by atoms with Crippen LogP contribution in [0.5, 0.6) is 0 Å². The zero-order valence-electron chi connectivity index (χ0n) is 12.4. The van der Waals surface area contributed by atoms with Crippen LogP contribution in [0, 0.1) is 0 Å². The van der Waals surface area contributed by atoms with Crippen LogP contribution in [0.15, 0.2) is 24.3 Å². The maximum atomic E-state index is 12.6. The molecule has 0 bridgehead atoms. The SMILES string of the molecule is COC1CCCN(C(=O)C2Cc3ccccc3CN2)C1.Cl. The standard InChI is InChI=1S/C16H22N2O2.ClH/c1-20-14-7-4-8-18(11-14)16(19)15-9-12-5-2-3-6-13(12)10-17-15;/h2-3,5-6,14-15,17H,4,7-11H2,1H3;1H. The van der Waals surface area contributed by atoms with E-state index in [2.05, 4.69) is 23.5 Å². The molecule has 4 nitrogen and oxygen atoms in total. The average Bonchev–Trinajstić information content (AvgIpc) is 2.53. The van der Waals surface area contributed by atoms with Crippen molar-refractivity contribution in [1.82, 2.24) is 10.2 Å². The van der Waals surface area contributed by atoms with Crippen molar-refractivity contribution in [2.75, 3.05) is 20.2 Å².